The monoisotopic (exact) mass is 463 g/mol. The number of hydrogen-bond donors (Lipinski definition) is 0. The Kier molecular flexibility index (Phi) is 6.30. The van der Waals surface area contributed by atoms with Crippen LogP contribution in [-0.2, 0) is 6.54 Å². The highest BCUT2D eigenvalue weighted by Crippen LogP contribution is 2.32. The molecular weight excluding hydrogens is 442 g/mol. The number of carbonyl (C=O) groups is 1. The fraction of sp³-hybridized carbons (Fsp3) is 0.167. The van der Waals surface area contributed by atoms with Crippen LogP contribution in [0.1, 0.15) is 15.9 Å². The largest absolute Gasteiger partial charge is 0.497 e. The lowest BCUT2D eigenvalue weighted by molar-refractivity contribution is -0.384. The van der Waals surface area contributed by atoms with E-state index in [-0.39, 0.29) is 23.7 Å². The molecule has 1 aromatic heterocycles. The van der Waals surface area contributed by atoms with Crippen molar-refractivity contribution in [1.82, 2.24) is 9.78 Å². The summed E-state index contributed by atoms with van der Waals surface area (Å²) in [6, 6.07) is 16.2. The zero-order valence-corrected chi connectivity index (χ0v) is 18.7. The third-order valence-electron chi connectivity index (χ3n) is 5.19. The molecule has 0 aliphatic heterocycles. The van der Waals surface area contributed by atoms with Crippen molar-refractivity contribution in [3.8, 4) is 23.1 Å². The number of methoxy groups -OCH3 is 3. The number of nitrogens with zero attached hydrogens (tertiary/aromatic N) is 3. The number of non-ortho nitro benzene ring substituents is 1. The summed E-state index contributed by atoms with van der Waals surface area (Å²) >= 11 is 0. The number of esters is 1. The third-order valence-corrected chi connectivity index (χ3v) is 5.19. The Labute approximate surface area is 194 Å². The molecule has 0 saturated carbocycles. The summed E-state index contributed by atoms with van der Waals surface area (Å²) in [6.07, 6.45) is 0. The van der Waals surface area contributed by atoms with E-state index in [0.717, 1.165) is 0 Å². The van der Waals surface area contributed by atoms with E-state index in [9.17, 15) is 14.9 Å². The first kappa shape index (κ1) is 22.6. The Morgan fingerprint density at radius 1 is 0.971 bits per heavy atom. The number of fused-ring (bicyclic) bond motifs is 1. The zero-order valence-electron chi connectivity index (χ0n) is 18.7. The molecule has 174 valence electrons. The molecule has 10 nitrogen and oxygen atoms in total. The lowest BCUT2D eigenvalue weighted by atomic mass is 10.2. The average Bonchev–Trinajstić information content (AvgIpc) is 3.19. The second-order valence-corrected chi connectivity index (χ2v) is 7.23. The molecule has 0 saturated heterocycles. The van der Waals surface area contributed by atoms with Gasteiger partial charge in [0.05, 0.1) is 49.3 Å². The Hall–Kier alpha value is -4.60. The fourth-order valence-corrected chi connectivity index (χ4v) is 3.50. The van der Waals surface area contributed by atoms with Gasteiger partial charge in [0.2, 0.25) is 5.88 Å². The van der Waals surface area contributed by atoms with Crippen molar-refractivity contribution in [3.63, 3.8) is 0 Å². The summed E-state index contributed by atoms with van der Waals surface area (Å²) in [4.78, 5) is 23.6. The van der Waals surface area contributed by atoms with Crippen LogP contribution in [-0.4, -0.2) is 42.0 Å². The first-order valence-electron chi connectivity index (χ1n) is 10.2. The van der Waals surface area contributed by atoms with E-state index in [1.807, 2.05) is 0 Å². The maximum absolute atomic E-state index is 12.9. The lowest BCUT2D eigenvalue weighted by Crippen LogP contribution is -2.10. The predicted molar refractivity (Wildman–Crippen MR) is 123 cm³/mol. The molecule has 0 bridgehead atoms. The summed E-state index contributed by atoms with van der Waals surface area (Å²) in [7, 11) is 4.51. The number of nitro groups is 1. The van der Waals surface area contributed by atoms with E-state index in [1.165, 1.54) is 39.5 Å². The molecule has 3 aromatic carbocycles. The summed E-state index contributed by atoms with van der Waals surface area (Å²) < 4.78 is 23.0. The number of ether oxygens (including phenoxy) is 4. The van der Waals surface area contributed by atoms with Crippen LogP contribution in [0, 0.1) is 10.1 Å². The summed E-state index contributed by atoms with van der Waals surface area (Å²) in [5.41, 5.74) is 1.58. The predicted octanol–water partition coefficient (Wildman–Crippen LogP) is 4.24. The molecule has 0 N–H and O–H groups in total. The first-order valence-corrected chi connectivity index (χ1v) is 10.2. The molecule has 0 atom stereocenters. The van der Waals surface area contributed by atoms with Crippen LogP contribution >= 0.6 is 0 Å². The number of nitro benzene ring substituents is 1. The van der Waals surface area contributed by atoms with Crippen molar-refractivity contribution in [2.24, 2.45) is 0 Å². The molecule has 0 fully saturated rings. The van der Waals surface area contributed by atoms with Gasteiger partial charge < -0.3 is 18.9 Å². The van der Waals surface area contributed by atoms with E-state index in [2.05, 4.69) is 5.10 Å². The Morgan fingerprint density at radius 3 is 2.47 bits per heavy atom. The topological polar surface area (TPSA) is 115 Å². The van der Waals surface area contributed by atoms with Gasteiger partial charge in [-0.3, -0.25) is 14.8 Å². The molecule has 0 aliphatic rings. The van der Waals surface area contributed by atoms with Crippen LogP contribution in [0.4, 0.5) is 5.69 Å². The number of hydrogen-bond acceptors (Lipinski definition) is 8. The molecule has 34 heavy (non-hydrogen) atoms. The average molecular weight is 463 g/mol. The fourth-order valence-electron chi connectivity index (χ4n) is 3.50. The molecule has 4 aromatic rings. The van der Waals surface area contributed by atoms with Gasteiger partial charge in [0.25, 0.3) is 5.69 Å². The van der Waals surface area contributed by atoms with E-state index >= 15 is 0 Å². The van der Waals surface area contributed by atoms with Crippen LogP contribution in [0.2, 0.25) is 0 Å². The Balaban J connectivity index is 1.70. The van der Waals surface area contributed by atoms with E-state index in [4.69, 9.17) is 18.9 Å². The normalized spacial score (nSPS) is 10.7. The molecular formula is C24H21N3O7. The van der Waals surface area contributed by atoms with Gasteiger partial charge in [0.15, 0.2) is 11.5 Å². The third kappa shape index (κ3) is 4.46. The summed E-state index contributed by atoms with van der Waals surface area (Å²) in [6.45, 7) is 0.235. The lowest BCUT2D eigenvalue weighted by Gasteiger charge is -2.09. The minimum Gasteiger partial charge on any atom is -0.497 e. The van der Waals surface area contributed by atoms with Crippen LogP contribution in [0.15, 0.2) is 60.7 Å². The van der Waals surface area contributed by atoms with Crippen LogP contribution < -0.4 is 18.9 Å². The molecule has 4 rings (SSSR count). The Morgan fingerprint density at radius 2 is 1.76 bits per heavy atom. The Bertz CT molecular complexity index is 1380. The van der Waals surface area contributed by atoms with Crippen molar-refractivity contribution < 1.29 is 28.7 Å². The van der Waals surface area contributed by atoms with Gasteiger partial charge in [0, 0.05) is 12.1 Å². The van der Waals surface area contributed by atoms with Crippen molar-refractivity contribution in [3.05, 3.63) is 81.9 Å². The van der Waals surface area contributed by atoms with Gasteiger partial charge in [-0.15, -0.1) is 5.10 Å². The molecule has 1 heterocycles. The molecule has 0 spiro atoms. The molecule has 0 unspecified atom stereocenters. The SMILES string of the molecule is COc1ccc2c(c1)c(OC(=O)c1ccc(OC)c(OC)c1)nn2Cc1cccc([N+](=O)[O-])c1. The highest BCUT2D eigenvalue weighted by atomic mass is 16.6. The highest BCUT2D eigenvalue weighted by molar-refractivity contribution is 5.95. The van der Waals surface area contributed by atoms with E-state index in [1.54, 1.807) is 47.1 Å². The minimum atomic E-state index is -0.634. The smallest absolute Gasteiger partial charge is 0.345 e. The van der Waals surface area contributed by atoms with Crippen LogP contribution in [0.5, 0.6) is 23.1 Å². The van der Waals surface area contributed by atoms with Gasteiger partial charge in [-0.25, -0.2) is 4.79 Å². The van der Waals surface area contributed by atoms with Crippen molar-refractivity contribution in [1.29, 1.82) is 0 Å². The van der Waals surface area contributed by atoms with Crippen molar-refractivity contribution in [2.45, 2.75) is 6.54 Å². The molecule has 10 heteroatoms. The zero-order chi connectivity index (χ0) is 24.2. The standard InChI is InChI=1S/C24H21N3O7/c1-31-18-8-9-20-19(13-18)23(25-26(20)14-15-5-4-6-17(11-15)27(29)30)34-24(28)16-7-10-21(32-2)22(12-16)33-3/h4-13H,14H2,1-3H3. The van der Waals surface area contributed by atoms with Gasteiger partial charge in [-0.1, -0.05) is 12.1 Å². The quantitative estimate of drug-likeness (QED) is 0.217. The molecule has 0 radical (unpaired) electrons. The van der Waals surface area contributed by atoms with Gasteiger partial charge in [-0.05, 0) is 42.0 Å². The van der Waals surface area contributed by atoms with Gasteiger partial charge >= 0.3 is 5.97 Å². The maximum atomic E-state index is 12.9. The number of aromatic nitrogens is 2. The number of benzene rings is 3. The highest BCUT2D eigenvalue weighted by Gasteiger charge is 2.19. The van der Waals surface area contributed by atoms with Crippen molar-refractivity contribution >= 4 is 22.6 Å². The van der Waals surface area contributed by atoms with E-state index < -0.39 is 10.9 Å². The van der Waals surface area contributed by atoms with Gasteiger partial charge in [0.1, 0.15) is 5.75 Å². The summed E-state index contributed by atoms with van der Waals surface area (Å²) in [5.74, 6) is 0.880. The van der Waals surface area contributed by atoms with E-state index in [0.29, 0.717) is 33.7 Å². The summed E-state index contributed by atoms with van der Waals surface area (Å²) in [5, 5.41) is 16.2. The number of carbonyl (C=O) groups excluding carboxylic acids is 1. The number of rotatable bonds is 8. The molecule has 0 aliphatic carbocycles. The first-order chi connectivity index (χ1) is 16.4. The molecule has 0 amide bonds. The van der Waals surface area contributed by atoms with Crippen LogP contribution in [0.3, 0.4) is 0 Å². The second-order valence-electron chi connectivity index (χ2n) is 7.23. The maximum Gasteiger partial charge on any atom is 0.345 e. The minimum absolute atomic E-state index is 0.0178. The van der Waals surface area contributed by atoms with Gasteiger partial charge in [-0.2, -0.15) is 0 Å². The van der Waals surface area contributed by atoms with Crippen LogP contribution in [0.25, 0.3) is 10.9 Å². The second kappa shape index (κ2) is 9.49. The van der Waals surface area contributed by atoms with Crippen molar-refractivity contribution in [2.75, 3.05) is 21.3 Å².